The van der Waals surface area contributed by atoms with Crippen LogP contribution in [0.5, 0.6) is 0 Å². The number of hydrogen-bond acceptors (Lipinski definition) is 19. The second-order valence-electron chi connectivity index (χ2n) is 35.9. The maximum Gasteiger partial charge on any atom is 0.243 e. The lowest BCUT2D eigenvalue weighted by molar-refractivity contribution is -0.136. The molecule has 1 fully saturated rings. The van der Waals surface area contributed by atoms with Gasteiger partial charge < -0.3 is 166 Å². The second-order valence-corrected chi connectivity index (χ2v) is 35.9. The van der Waals surface area contributed by atoms with Gasteiger partial charge in [0.05, 0.1) is 0 Å². The Morgan fingerprint density at radius 3 is 0.456 bits per heavy atom. The van der Waals surface area contributed by atoms with Crippen LogP contribution in [-0.4, -0.2) is 256 Å². The number of carbonyl (C=O) groups is 12. The summed E-state index contributed by atoms with van der Waals surface area (Å²) in [6.07, 6.45) is 4.69. The summed E-state index contributed by atoms with van der Waals surface area (Å²) in [6, 6.07) is 15.8. The Labute approximate surface area is 844 Å². The first-order valence-electron chi connectivity index (χ1n) is 48.6. The predicted octanol–water partition coefficient (Wildman–Crippen LogP) is -2.72. The number of amides is 12. The lowest BCUT2D eigenvalue weighted by Crippen LogP contribution is -2.62. The van der Waals surface area contributed by atoms with E-state index in [0.29, 0.717) is 82.3 Å². The van der Waals surface area contributed by atoms with Crippen LogP contribution in [0.2, 0.25) is 0 Å². The average Bonchev–Trinajstić information content (AvgIpc) is 1.68. The Bertz CT molecular complexity index is 6150. The lowest BCUT2D eigenvalue weighted by Gasteiger charge is -2.29. The fourth-order valence-electron chi connectivity index (χ4n) is 17.5. The topological polar surface area (TPSA) is 861 Å². The van der Waals surface area contributed by atoms with Crippen molar-refractivity contribution < 1.29 is 57.5 Å². The molecule has 784 valence electrons. The normalized spacial score (nSPS) is 20.2. The first kappa shape index (κ1) is 110. The third kappa shape index (κ3) is 33.5. The van der Waals surface area contributed by atoms with Gasteiger partial charge in [-0.05, 0) is 148 Å². The van der Waals surface area contributed by atoms with Gasteiger partial charge in [0.15, 0.2) is 41.7 Å². The molecule has 0 radical (unpaired) electrons. The van der Waals surface area contributed by atoms with Crippen LogP contribution in [0, 0.1) is 37.9 Å². The number of para-hydroxylation sites is 5. The number of rotatable bonds is 38. The van der Waals surface area contributed by atoms with E-state index >= 15 is 57.5 Å². The van der Waals surface area contributed by atoms with Crippen LogP contribution in [-0.2, 0) is 89.6 Å². The zero-order chi connectivity index (χ0) is 106. The molecule has 50 nitrogen and oxygen atoms in total. The van der Waals surface area contributed by atoms with Gasteiger partial charge in [-0.2, -0.15) is 0 Å². The number of carbonyl (C=O) groups excluding carboxylic acids is 12. The van der Waals surface area contributed by atoms with Crippen molar-refractivity contribution >= 4 is 167 Å². The van der Waals surface area contributed by atoms with Gasteiger partial charge in [0.25, 0.3) is 0 Å². The van der Waals surface area contributed by atoms with Gasteiger partial charge in [0.1, 0.15) is 72.5 Å². The molecule has 1 saturated heterocycles. The first-order chi connectivity index (χ1) is 70.6. The van der Waals surface area contributed by atoms with E-state index in [2.05, 4.69) is 126 Å². The molecule has 45 N–H and O–H groups in total. The molecular weight excluding hydrogens is 1890 g/mol. The molecular formula is C97H134N38O12. The monoisotopic (exact) mass is 2020 g/mol. The summed E-state index contributed by atoms with van der Waals surface area (Å²) in [4.78, 5) is 206. The van der Waals surface area contributed by atoms with Crippen molar-refractivity contribution in [1.29, 1.82) is 37.9 Å². The highest BCUT2D eigenvalue weighted by atomic mass is 16.2. The summed E-state index contributed by atoms with van der Waals surface area (Å²) in [5.41, 5.74) is 45.8. The molecule has 0 aliphatic carbocycles. The van der Waals surface area contributed by atoms with Crippen LogP contribution in [0.1, 0.15) is 118 Å². The number of hydrogen-bond donors (Lipinski definition) is 38. The second kappa shape index (κ2) is 54.5. The highest BCUT2D eigenvalue weighted by Gasteiger charge is 2.40. The molecule has 147 heavy (non-hydrogen) atoms. The molecule has 0 bridgehead atoms. The average molecular weight is 2020 g/mol. The van der Waals surface area contributed by atoms with Crippen molar-refractivity contribution in [1.82, 2.24) is 126 Å². The number of nitrogens with one attached hydrogen (secondary N) is 31. The smallest absolute Gasteiger partial charge is 0.243 e. The quantitative estimate of drug-likeness (QED) is 0.0106. The highest BCUT2D eigenvalue weighted by Crippen LogP contribution is 2.27. The summed E-state index contributed by atoms with van der Waals surface area (Å²) in [6.45, 7) is -0.393. The van der Waals surface area contributed by atoms with E-state index in [9.17, 15) is 0 Å². The number of guanidine groups is 7. The highest BCUT2D eigenvalue weighted by molar-refractivity contribution is 6.03. The molecule has 0 unspecified atom stereocenters. The molecule has 10 aromatic rings. The van der Waals surface area contributed by atoms with Crippen LogP contribution in [0.15, 0.2) is 152 Å². The Kier molecular flexibility index (Phi) is 40.7. The fraction of sp³-hybridized carbons (Fsp3) is 0.392. The standard InChI is InChI=1S/C97H134N38O12/c98-91(99)112-35-11-28-67-79(136)125-69(30-13-37-114-93(102)103)81(138)127-71(32-15-39-116-95(106)107)83(140)129-73(34-17-41-118-97(110)111)85(142)131-75(43-53-48-120-63-24-7-2-19-58(53)63)87(144)133-77(45-55-50-122-65-26-9-4-21-60(55)65)89(146)135-78(46-56-51-123-66-27-10-5-22-61(56)66)90(147)134-76(44-54-49-121-64-25-8-3-20-59(54)64)88(145)132-74(42-52-47-119-62-23-6-1-18-57(52)62)86(143)130-72(33-16-40-117-96(108)109)84(141)128-70(31-14-38-115-94(104)105)82(139)126-68(80(137)124-67)29-12-36-113-92(100)101/h1-10,18-27,47-51,67-78,119-123H,11-17,28-46H2,(H,124,137)(H,125,136)(H,126,139)(H,127,138)(H,128,141)(H,129,140)(H,130,143)(H,131,142)(H,132,145)(H,133,144)(H,134,147)(H,135,146)(H4,98,99,112)(H4,100,101,113)(H4,102,103,114)(H4,104,105,115)(H4,106,107,116)(H4,108,109,117)(H4,110,111,118)/t67-,68-,69-,70-,71-,72-,73-,74-,75-,76-,77-,78-/m0/s1. The van der Waals surface area contributed by atoms with Gasteiger partial charge in [-0.15, -0.1) is 0 Å². The summed E-state index contributed by atoms with van der Waals surface area (Å²) in [5, 5.41) is 111. The summed E-state index contributed by atoms with van der Waals surface area (Å²) < 4.78 is 0. The minimum absolute atomic E-state index is 0.00588. The van der Waals surface area contributed by atoms with Crippen LogP contribution in [0.4, 0.5) is 0 Å². The van der Waals surface area contributed by atoms with Gasteiger partial charge in [-0.3, -0.25) is 95.4 Å². The zero-order valence-electron chi connectivity index (χ0n) is 81.2. The Morgan fingerprint density at radius 2 is 0.320 bits per heavy atom. The van der Waals surface area contributed by atoms with Crippen molar-refractivity contribution in [3.8, 4) is 0 Å². The maximum atomic E-state index is 16.4. The van der Waals surface area contributed by atoms with E-state index in [4.69, 9.17) is 78.0 Å². The third-order valence-electron chi connectivity index (χ3n) is 25.0. The van der Waals surface area contributed by atoms with Crippen LogP contribution >= 0.6 is 0 Å². The largest absolute Gasteiger partial charge is 0.370 e. The van der Waals surface area contributed by atoms with E-state index in [1.165, 1.54) is 0 Å². The van der Waals surface area contributed by atoms with Crippen molar-refractivity contribution in [2.75, 3.05) is 45.8 Å². The van der Waals surface area contributed by atoms with Crippen LogP contribution < -0.4 is 141 Å². The minimum atomic E-state index is -1.67. The maximum absolute atomic E-state index is 16.4. The molecule has 0 saturated carbocycles. The van der Waals surface area contributed by atoms with Crippen molar-refractivity contribution in [3.05, 3.63) is 180 Å². The molecule has 6 heterocycles. The SMILES string of the molecule is N=C(N)NCCC[C@@H]1NC(=O)[C@H](CCCNC(=N)N)NC(=O)[C@H](CCCNC(=N)N)NC(=O)[C@H](CCCNC(=N)N)NC(=O)[C@H](Cc2c[nH]c3ccccc23)NC(=O)[C@H](Cc2c[nH]c3ccccc23)NC(=O)[C@H](Cc2c[nH]c3ccccc23)NC(=O)[C@H](Cc2c[nH]c3ccccc23)NC(=O)[C@H](Cc2c[nH]c3ccccc23)NC(=O)[C@H](CCCNC(=N)N)NC(=O)[C@H](CCCNC(=N)N)NC(=O)[C@H](CCCNC(=N)N)NC1=O. The van der Waals surface area contributed by atoms with Gasteiger partial charge >= 0.3 is 0 Å². The van der Waals surface area contributed by atoms with Crippen molar-refractivity contribution in [2.24, 2.45) is 40.1 Å². The third-order valence-corrected chi connectivity index (χ3v) is 25.0. The number of aromatic amines is 5. The van der Waals surface area contributed by atoms with E-state index in [1.807, 2.05) is 0 Å². The predicted molar refractivity (Wildman–Crippen MR) is 557 cm³/mol. The van der Waals surface area contributed by atoms with E-state index in [-0.39, 0.29) is 168 Å². The summed E-state index contributed by atoms with van der Waals surface area (Å²) in [7, 11) is 0. The van der Waals surface area contributed by atoms with E-state index < -0.39 is 185 Å². The molecule has 12 atom stereocenters. The fourth-order valence-corrected chi connectivity index (χ4v) is 17.5. The van der Waals surface area contributed by atoms with E-state index in [1.54, 1.807) is 152 Å². The van der Waals surface area contributed by atoms with Gasteiger partial charge in [0.2, 0.25) is 70.9 Å². The molecule has 1 aliphatic heterocycles. The number of benzene rings is 5. The molecule has 1 aliphatic rings. The first-order valence-corrected chi connectivity index (χ1v) is 48.6. The van der Waals surface area contributed by atoms with Crippen molar-refractivity contribution in [2.45, 2.75) is 194 Å². The molecule has 5 aromatic carbocycles. The molecule has 0 spiro atoms. The molecule has 50 heteroatoms. The summed E-state index contributed by atoms with van der Waals surface area (Å²) >= 11 is 0. The summed E-state index contributed by atoms with van der Waals surface area (Å²) in [5.74, 6) is -15.1. The Morgan fingerprint density at radius 1 is 0.197 bits per heavy atom. The minimum Gasteiger partial charge on any atom is -0.370 e. The Balaban J connectivity index is 1.07. The molecule has 12 amide bonds. The van der Waals surface area contributed by atoms with Gasteiger partial charge in [-0.1, -0.05) is 91.0 Å². The number of aromatic nitrogens is 5. The van der Waals surface area contributed by atoms with Crippen LogP contribution in [0.25, 0.3) is 54.5 Å². The Hall–Kier alpha value is -17.7. The zero-order valence-corrected chi connectivity index (χ0v) is 81.2. The van der Waals surface area contributed by atoms with Crippen molar-refractivity contribution in [3.63, 3.8) is 0 Å². The van der Waals surface area contributed by atoms with E-state index in [0.717, 1.165) is 0 Å². The van der Waals surface area contributed by atoms with Crippen LogP contribution in [0.3, 0.4) is 0 Å². The molecule has 11 rings (SSSR count). The number of fused-ring (bicyclic) bond motifs is 5. The lowest BCUT2D eigenvalue weighted by atomic mass is 9.99. The number of nitrogens with two attached hydrogens (primary N) is 7. The number of H-pyrrole nitrogens is 5. The molecule has 5 aromatic heterocycles. The van der Waals surface area contributed by atoms with Gasteiger partial charge in [0, 0.05) is 163 Å². The van der Waals surface area contributed by atoms with Gasteiger partial charge in [-0.25, -0.2) is 0 Å².